The molecule has 1 N–H and O–H groups in total. The Kier molecular flexibility index (Phi) is 5.15. The number of para-hydroxylation sites is 1. The van der Waals surface area contributed by atoms with Gasteiger partial charge in [-0.1, -0.05) is 18.2 Å². The Bertz CT molecular complexity index is 756. The number of aryl methyl sites for hydroxylation is 2. The third-order valence-corrected chi connectivity index (χ3v) is 3.98. The van der Waals surface area contributed by atoms with Gasteiger partial charge in [0.2, 0.25) is 5.91 Å². The first kappa shape index (κ1) is 17.1. The van der Waals surface area contributed by atoms with Gasteiger partial charge in [-0.15, -0.1) is 0 Å². The summed E-state index contributed by atoms with van der Waals surface area (Å²) in [4.78, 5) is 24.8. The van der Waals surface area contributed by atoms with Crippen LogP contribution < -0.4 is 4.90 Å². The number of carboxylic acids is 1. The van der Waals surface area contributed by atoms with Crippen molar-refractivity contribution < 1.29 is 19.1 Å². The van der Waals surface area contributed by atoms with E-state index in [0.29, 0.717) is 11.4 Å². The zero-order valence-electron chi connectivity index (χ0n) is 12.6. The molecule has 0 aromatic heterocycles. The number of hydrogen-bond donors (Lipinski definition) is 1. The lowest BCUT2D eigenvalue weighted by molar-refractivity contribution is -0.139. The normalized spacial score (nSPS) is 10.4. The van der Waals surface area contributed by atoms with Crippen LogP contribution in [0.3, 0.4) is 0 Å². The van der Waals surface area contributed by atoms with Gasteiger partial charge in [0.15, 0.2) is 0 Å². The molecule has 1 amide bonds. The molecule has 0 unspecified atom stereocenters. The van der Waals surface area contributed by atoms with E-state index < -0.39 is 24.1 Å². The fraction of sp³-hybridized carbons (Fsp3) is 0.176. The van der Waals surface area contributed by atoms with Crippen LogP contribution in [-0.2, 0) is 9.59 Å². The SMILES string of the molecule is Cc1cccc(C)c1N(C(=O)CC(=O)O)c1ccc(F)c(Br)c1. The molecule has 23 heavy (non-hydrogen) atoms. The number of halogens is 2. The molecule has 0 atom stereocenters. The Morgan fingerprint density at radius 3 is 2.30 bits per heavy atom. The van der Waals surface area contributed by atoms with Crippen LogP contribution in [0.4, 0.5) is 15.8 Å². The molecular formula is C17H15BrFNO3. The van der Waals surface area contributed by atoms with Gasteiger partial charge in [0.1, 0.15) is 12.2 Å². The first-order chi connectivity index (χ1) is 10.8. The number of nitrogens with zero attached hydrogens (tertiary/aromatic N) is 1. The first-order valence-electron chi connectivity index (χ1n) is 6.87. The van der Waals surface area contributed by atoms with E-state index in [-0.39, 0.29) is 4.47 Å². The molecular weight excluding hydrogens is 365 g/mol. The summed E-state index contributed by atoms with van der Waals surface area (Å²) in [6.07, 6.45) is -0.650. The molecule has 0 heterocycles. The van der Waals surface area contributed by atoms with Gasteiger partial charge in [0.05, 0.1) is 15.8 Å². The maximum atomic E-state index is 13.5. The summed E-state index contributed by atoms with van der Waals surface area (Å²) in [5.74, 6) is -2.26. The Labute approximate surface area is 141 Å². The van der Waals surface area contributed by atoms with Crippen molar-refractivity contribution in [3.05, 3.63) is 57.8 Å². The molecule has 2 aromatic rings. The van der Waals surface area contributed by atoms with E-state index in [1.165, 1.54) is 23.1 Å². The standard InChI is InChI=1S/C17H15BrFNO3/c1-10-4-3-5-11(2)17(10)20(15(21)9-16(22)23)12-6-7-14(19)13(18)8-12/h3-8H,9H2,1-2H3,(H,22,23). The highest BCUT2D eigenvalue weighted by molar-refractivity contribution is 9.10. The summed E-state index contributed by atoms with van der Waals surface area (Å²) >= 11 is 3.09. The van der Waals surface area contributed by atoms with E-state index in [4.69, 9.17) is 5.11 Å². The van der Waals surface area contributed by atoms with E-state index in [9.17, 15) is 14.0 Å². The van der Waals surface area contributed by atoms with Crippen LogP contribution in [0.5, 0.6) is 0 Å². The molecule has 0 bridgehead atoms. The van der Waals surface area contributed by atoms with Crippen molar-refractivity contribution in [2.45, 2.75) is 20.3 Å². The Balaban J connectivity index is 2.62. The lowest BCUT2D eigenvalue weighted by Crippen LogP contribution is -2.29. The highest BCUT2D eigenvalue weighted by Crippen LogP contribution is 2.34. The summed E-state index contributed by atoms with van der Waals surface area (Å²) in [6.45, 7) is 3.67. The van der Waals surface area contributed by atoms with Crippen molar-refractivity contribution in [1.29, 1.82) is 0 Å². The van der Waals surface area contributed by atoms with Crippen LogP contribution in [0.15, 0.2) is 40.9 Å². The number of anilines is 2. The van der Waals surface area contributed by atoms with Gasteiger partial charge in [0, 0.05) is 0 Å². The number of carbonyl (C=O) groups is 2. The van der Waals surface area contributed by atoms with Crippen LogP contribution in [0.25, 0.3) is 0 Å². The lowest BCUT2D eigenvalue weighted by atomic mass is 10.1. The van der Waals surface area contributed by atoms with E-state index in [2.05, 4.69) is 15.9 Å². The van der Waals surface area contributed by atoms with Crippen molar-refractivity contribution in [3.8, 4) is 0 Å². The van der Waals surface area contributed by atoms with Crippen LogP contribution >= 0.6 is 15.9 Å². The van der Waals surface area contributed by atoms with Gasteiger partial charge in [-0.25, -0.2) is 4.39 Å². The second-order valence-corrected chi connectivity index (χ2v) is 5.99. The van der Waals surface area contributed by atoms with Crippen molar-refractivity contribution in [2.75, 3.05) is 4.90 Å². The largest absolute Gasteiger partial charge is 0.481 e. The third-order valence-electron chi connectivity index (χ3n) is 3.38. The van der Waals surface area contributed by atoms with Gasteiger partial charge in [0.25, 0.3) is 0 Å². The van der Waals surface area contributed by atoms with E-state index >= 15 is 0 Å². The van der Waals surface area contributed by atoms with E-state index in [1.807, 2.05) is 32.0 Å². The summed E-state index contributed by atoms with van der Waals surface area (Å²) in [6, 6.07) is 9.67. The summed E-state index contributed by atoms with van der Waals surface area (Å²) in [5.41, 5.74) is 2.66. The molecule has 0 saturated carbocycles. The van der Waals surface area contributed by atoms with Crippen molar-refractivity contribution in [1.82, 2.24) is 0 Å². The third kappa shape index (κ3) is 3.76. The summed E-state index contributed by atoms with van der Waals surface area (Å²) in [7, 11) is 0. The second kappa shape index (κ2) is 6.91. The number of rotatable bonds is 4. The fourth-order valence-electron chi connectivity index (χ4n) is 2.39. The van der Waals surface area contributed by atoms with Gasteiger partial charge >= 0.3 is 5.97 Å². The maximum absolute atomic E-state index is 13.5. The molecule has 6 heteroatoms. The second-order valence-electron chi connectivity index (χ2n) is 5.14. The monoisotopic (exact) mass is 379 g/mol. The number of carboxylic acid groups (broad SMARTS) is 1. The van der Waals surface area contributed by atoms with Crippen molar-refractivity contribution in [2.24, 2.45) is 0 Å². The smallest absolute Gasteiger partial charge is 0.312 e. The number of amides is 1. The highest BCUT2D eigenvalue weighted by atomic mass is 79.9. The lowest BCUT2D eigenvalue weighted by Gasteiger charge is -2.26. The molecule has 4 nitrogen and oxygen atoms in total. The Morgan fingerprint density at radius 2 is 1.78 bits per heavy atom. The Hall–Kier alpha value is -2.21. The van der Waals surface area contributed by atoms with Crippen LogP contribution in [0, 0.1) is 19.7 Å². The average Bonchev–Trinajstić information content (AvgIpc) is 2.45. The zero-order chi connectivity index (χ0) is 17.1. The summed E-state index contributed by atoms with van der Waals surface area (Å²) < 4.78 is 13.7. The predicted octanol–water partition coefficient (Wildman–Crippen LogP) is 4.34. The van der Waals surface area contributed by atoms with E-state index in [1.54, 1.807) is 0 Å². The topological polar surface area (TPSA) is 57.6 Å². The van der Waals surface area contributed by atoms with Crippen LogP contribution in [0.1, 0.15) is 17.5 Å². The fourth-order valence-corrected chi connectivity index (χ4v) is 2.76. The number of aliphatic carboxylic acids is 1. The van der Waals surface area contributed by atoms with Crippen LogP contribution in [0.2, 0.25) is 0 Å². The average molecular weight is 380 g/mol. The van der Waals surface area contributed by atoms with Gasteiger partial charge in [-0.05, 0) is 59.1 Å². The molecule has 0 spiro atoms. The zero-order valence-corrected chi connectivity index (χ0v) is 14.2. The molecule has 2 aromatic carbocycles. The molecule has 0 aliphatic heterocycles. The minimum Gasteiger partial charge on any atom is -0.481 e. The number of benzene rings is 2. The first-order valence-corrected chi connectivity index (χ1v) is 7.66. The van der Waals surface area contributed by atoms with E-state index in [0.717, 1.165) is 11.1 Å². The Morgan fingerprint density at radius 1 is 1.17 bits per heavy atom. The molecule has 0 saturated heterocycles. The number of carbonyl (C=O) groups excluding carboxylic acids is 1. The molecule has 0 aliphatic carbocycles. The predicted molar refractivity (Wildman–Crippen MR) is 89.4 cm³/mol. The summed E-state index contributed by atoms with van der Waals surface area (Å²) in [5, 5.41) is 8.95. The number of hydrogen-bond acceptors (Lipinski definition) is 2. The highest BCUT2D eigenvalue weighted by Gasteiger charge is 2.24. The van der Waals surface area contributed by atoms with Crippen LogP contribution in [-0.4, -0.2) is 17.0 Å². The molecule has 0 fully saturated rings. The molecule has 2 rings (SSSR count). The van der Waals surface area contributed by atoms with Crippen molar-refractivity contribution in [3.63, 3.8) is 0 Å². The molecule has 0 radical (unpaired) electrons. The van der Waals surface area contributed by atoms with Gasteiger partial charge < -0.3 is 5.11 Å². The minimum absolute atomic E-state index is 0.203. The van der Waals surface area contributed by atoms with Gasteiger partial charge in [-0.3, -0.25) is 14.5 Å². The molecule has 120 valence electrons. The maximum Gasteiger partial charge on any atom is 0.312 e. The molecule has 0 aliphatic rings. The van der Waals surface area contributed by atoms with Gasteiger partial charge in [-0.2, -0.15) is 0 Å². The minimum atomic E-state index is -1.22. The quantitative estimate of drug-likeness (QED) is 0.803. The van der Waals surface area contributed by atoms with Crippen molar-refractivity contribution >= 4 is 39.2 Å².